The summed E-state index contributed by atoms with van der Waals surface area (Å²) in [6, 6.07) is 16.0. The number of rotatable bonds is 7. The van der Waals surface area contributed by atoms with E-state index in [-0.39, 0.29) is 6.23 Å². The molecule has 0 spiro atoms. The van der Waals surface area contributed by atoms with E-state index in [0.29, 0.717) is 0 Å². The predicted octanol–water partition coefficient (Wildman–Crippen LogP) is 3.92. The van der Waals surface area contributed by atoms with Gasteiger partial charge in [-0.05, 0) is 44.8 Å². The molecule has 0 aliphatic rings. The van der Waals surface area contributed by atoms with Gasteiger partial charge in [-0.25, -0.2) is 0 Å². The number of benzene rings is 2. The third-order valence-electron chi connectivity index (χ3n) is 3.25. The maximum Gasteiger partial charge on any atom is 0.147 e. The molecule has 0 saturated heterocycles. The minimum atomic E-state index is -0.0812. The van der Waals surface area contributed by atoms with Crippen LogP contribution in [-0.4, -0.2) is 25.2 Å². The Bertz CT molecular complexity index is 587. The van der Waals surface area contributed by atoms with Gasteiger partial charge in [-0.3, -0.25) is 5.32 Å². The summed E-state index contributed by atoms with van der Waals surface area (Å²) >= 11 is 6.09. The molecule has 1 atom stereocenters. The van der Waals surface area contributed by atoms with Crippen molar-refractivity contribution in [2.24, 2.45) is 0 Å². The molecule has 0 amide bonds. The monoisotopic (exact) mass is 318 g/mol. The first-order valence-corrected chi connectivity index (χ1v) is 7.79. The van der Waals surface area contributed by atoms with E-state index in [9.17, 15) is 0 Å². The van der Waals surface area contributed by atoms with Gasteiger partial charge in [0.05, 0.1) is 0 Å². The van der Waals surface area contributed by atoms with Crippen molar-refractivity contribution < 1.29 is 4.74 Å². The van der Waals surface area contributed by atoms with Crippen LogP contribution in [0.1, 0.15) is 18.1 Å². The van der Waals surface area contributed by atoms with Crippen LogP contribution < -0.4 is 10.1 Å². The summed E-state index contributed by atoms with van der Waals surface area (Å²) in [5.41, 5.74) is 2.33. The van der Waals surface area contributed by atoms with E-state index in [1.54, 1.807) is 0 Å². The van der Waals surface area contributed by atoms with Gasteiger partial charge >= 0.3 is 0 Å². The molecule has 0 heterocycles. The van der Waals surface area contributed by atoms with Crippen molar-refractivity contribution in [1.29, 1.82) is 0 Å². The summed E-state index contributed by atoms with van der Waals surface area (Å²) < 4.78 is 6.03. The number of ether oxygens (including phenoxy) is 1. The highest BCUT2D eigenvalue weighted by atomic mass is 35.5. The van der Waals surface area contributed by atoms with E-state index >= 15 is 0 Å². The smallest absolute Gasteiger partial charge is 0.147 e. The predicted molar refractivity (Wildman–Crippen MR) is 92.2 cm³/mol. The number of hydrogen-bond acceptors (Lipinski definition) is 3. The normalized spacial score (nSPS) is 12.4. The van der Waals surface area contributed by atoms with Gasteiger partial charge in [-0.15, -0.1) is 0 Å². The highest BCUT2D eigenvalue weighted by Gasteiger charge is 2.10. The topological polar surface area (TPSA) is 24.5 Å². The standard InChI is InChI=1S/C18H23ClN2O/c1-14(20-12-15-7-5-4-6-8-15)22-18-10-9-17(19)11-16(18)13-21(2)3/h4-11,14,20H,12-13H2,1-3H3. The van der Waals surface area contributed by atoms with Crippen LogP contribution in [0.4, 0.5) is 0 Å². The van der Waals surface area contributed by atoms with Crippen molar-refractivity contribution in [2.75, 3.05) is 14.1 Å². The first-order chi connectivity index (χ1) is 10.5. The highest BCUT2D eigenvalue weighted by Crippen LogP contribution is 2.24. The molecule has 0 aliphatic carbocycles. The molecule has 0 aromatic heterocycles. The second-order valence-corrected chi connectivity index (χ2v) is 6.05. The van der Waals surface area contributed by atoms with Gasteiger partial charge in [0, 0.05) is 23.7 Å². The zero-order valence-corrected chi connectivity index (χ0v) is 14.1. The minimum Gasteiger partial charge on any atom is -0.475 e. The Labute approximate surface area is 137 Å². The molecule has 0 saturated carbocycles. The number of hydrogen-bond donors (Lipinski definition) is 1. The van der Waals surface area contributed by atoms with Crippen molar-refractivity contribution in [3.05, 3.63) is 64.7 Å². The molecule has 0 aliphatic heterocycles. The molecule has 0 radical (unpaired) electrons. The third-order valence-corrected chi connectivity index (χ3v) is 3.48. The summed E-state index contributed by atoms with van der Waals surface area (Å²) in [5, 5.41) is 4.10. The Morgan fingerprint density at radius 1 is 1.14 bits per heavy atom. The first-order valence-electron chi connectivity index (χ1n) is 7.41. The van der Waals surface area contributed by atoms with Gasteiger partial charge in [0.1, 0.15) is 12.0 Å². The maximum absolute atomic E-state index is 6.09. The molecule has 0 bridgehead atoms. The molecule has 0 fully saturated rings. The average Bonchev–Trinajstić information content (AvgIpc) is 2.48. The van der Waals surface area contributed by atoms with Crippen LogP contribution in [0.25, 0.3) is 0 Å². The molecule has 4 heteroatoms. The molecule has 3 nitrogen and oxygen atoms in total. The third kappa shape index (κ3) is 5.34. The van der Waals surface area contributed by atoms with Crippen molar-refractivity contribution in [2.45, 2.75) is 26.2 Å². The van der Waals surface area contributed by atoms with Gasteiger partial charge < -0.3 is 9.64 Å². The molecule has 22 heavy (non-hydrogen) atoms. The summed E-state index contributed by atoms with van der Waals surface area (Å²) in [5.74, 6) is 0.867. The molecule has 118 valence electrons. The molecule has 1 unspecified atom stereocenters. The summed E-state index contributed by atoms with van der Waals surface area (Å²) in [6.45, 7) is 3.58. The van der Waals surface area contributed by atoms with Crippen LogP contribution in [0.15, 0.2) is 48.5 Å². The lowest BCUT2D eigenvalue weighted by molar-refractivity contribution is 0.177. The number of nitrogens with zero attached hydrogens (tertiary/aromatic N) is 1. The number of nitrogens with one attached hydrogen (secondary N) is 1. The summed E-state index contributed by atoms with van der Waals surface area (Å²) in [7, 11) is 4.06. The highest BCUT2D eigenvalue weighted by molar-refractivity contribution is 6.30. The van der Waals surface area contributed by atoms with Crippen LogP contribution >= 0.6 is 11.6 Å². The van der Waals surface area contributed by atoms with Crippen LogP contribution in [0, 0.1) is 0 Å². The largest absolute Gasteiger partial charge is 0.475 e. The van der Waals surface area contributed by atoms with Crippen LogP contribution in [0.2, 0.25) is 5.02 Å². The van der Waals surface area contributed by atoms with E-state index in [2.05, 4.69) is 22.3 Å². The van der Waals surface area contributed by atoms with Crippen molar-refractivity contribution >= 4 is 11.6 Å². The quantitative estimate of drug-likeness (QED) is 0.783. The van der Waals surface area contributed by atoms with Gasteiger partial charge in [0.2, 0.25) is 0 Å². The Balaban J connectivity index is 1.97. The zero-order valence-electron chi connectivity index (χ0n) is 13.3. The van der Waals surface area contributed by atoms with Crippen molar-refractivity contribution in [3.8, 4) is 5.75 Å². The van der Waals surface area contributed by atoms with Crippen molar-refractivity contribution in [1.82, 2.24) is 10.2 Å². The van der Waals surface area contributed by atoms with E-state index in [1.807, 2.05) is 57.4 Å². The van der Waals surface area contributed by atoms with Crippen LogP contribution in [0.5, 0.6) is 5.75 Å². The van der Waals surface area contributed by atoms with Gasteiger partial charge in [-0.1, -0.05) is 41.9 Å². The molecular formula is C18H23ClN2O. The van der Waals surface area contributed by atoms with Crippen LogP contribution in [0.3, 0.4) is 0 Å². The lowest BCUT2D eigenvalue weighted by Crippen LogP contribution is -2.31. The Kier molecular flexibility index (Phi) is 6.25. The molecule has 2 aromatic rings. The summed E-state index contributed by atoms with van der Waals surface area (Å²) in [4.78, 5) is 2.10. The molecule has 2 rings (SSSR count). The Hall–Kier alpha value is -1.55. The minimum absolute atomic E-state index is 0.0812. The van der Waals surface area contributed by atoms with E-state index in [1.165, 1.54) is 5.56 Å². The molecule has 2 aromatic carbocycles. The zero-order chi connectivity index (χ0) is 15.9. The Morgan fingerprint density at radius 2 is 1.86 bits per heavy atom. The fourth-order valence-corrected chi connectivity index (χ4v) is 2.41. The molecule has 1 N–H and O–H groups in total. The average molecular weight is 319 g/mol. The maximum atomic E-state index is 6.09. The van der Waals surface area contributed by atoms with Gasteiger partial charge in [0.25, 0.3) is 0 Å². The lowest BCUT2D eigenvalue weighted by atomic mass is 10.2. The molecular weight excluding hydrogens is 296 g/mol. The SMILES string of the molecule is CC(NCc1ccccc1)Oc1ccc(Cl)cc1CN(C)C. The van der Waals surface area contributed by atoms with Gasteiger partial charge in [-0.2, -0.15) is 0 Å². The number of halogens is 1. The Morgan fingerprint density at radius 3 is 2.55 bits per heavy atom. The fraction of sp³-hybridized carbons (Fsp3) is 0.333. The van der Waals surface area contributed by atoms with Crippen molar-refractivity contribution in [3.63, 3.8) is 0 Å². The summed E-state index contributed by atoms with van der Waals surface area (Å²) in [6.07, 6.45) is -0.0812. The van der Waals surface area contributed by atoms with E-state index < -0.39 is 0 Å². The fourth-order valence-electron chi connectivity index (χ4n) is 2.22. The van der Waals surface area contributed by atoms with E-state index in [4.69, 9.17) is 16.3 Å². The van der Waals surface area contributed by atoms with E-state index in [0.717, 1.165) is 29.4 Å². The lowest BCUT2D eigenvalue weighted by Gasteiger charge is -2.20. The first kappa shape index (κ1) is 16.8. The second kappa shape index (κ2) is 8.18. The second-order valence-electron chi connectivity index (χ2n) is 5.62. The van der Waals surface area contributed by atoms with Crippen LogP contribution in [-0.2, 0) is 13.1 Å². The van der Waals surface area contributed by atoms with Gasteiger partial charge in [0.15, 0.2) is 0 Å².